The Morgan fingerprint density at radius 1 is 1.04 bits per heavy atom. The number of nitrogens with one attached hydrogen (secondary N) is 1. The predicted molar refractivity (Wildman–Crippen MR) is 105 cm³/mol. The average Bonchev–Trinajstić information content (AvgIpc) is 3.19. The van der Waals surface area contributed by atoms with Crippen molar-refractivity contribution in [3.05, 3.63) is 83.4 Å². The van der Waals surface area contributed by atoms with Crippen LogP contribution in [0.25, 0.3) is 0 Å². The lowest BCUT2D eigenvalue weighted by molar-refractivity contribution is -0.118. The molecule has 0 saturated heterocycles. The molecule has 3 nitrogen and oxygen atoms in total. The number of carbonyl (C=O) groups excluding carboxylic acids is 1. The molecule has 25 heavy (non-hydrogen) atoms. The summed E-state index contributed by atoms with van der Waals surface area (Å²) < 4.78 is 0.932. The van der Waals surface area contributed by atoms with Gasteiger partial charge in [0.15, 0.2) is 0 Å². The zero-order chi connectivity index (χ0) is 17.3. The van der Waals surface area contributed by atoms with Crippen molar-refractivity contribution in [1.29, 1.82) is 0 Å². The van der Waals surface area contributed by atoms with Gasteiger partial charge >= 0.3 is 0 Å². The van der Waals surface area contributed by atoms with Crippen LogP contribution in [0.4, 0.5) is 0 Å². The highest BCUT2D eigenvalue weighted by molar-refractivity contribution is 8.01. The molecular weight excluding hydrogens is 348 g/mol. The smallest absolute Gasteiger partial charge is 0.230 e. The zero-order valence-corrected chi connectivity index (χ0v) is 15.4. The standard InChI is InChI=1S/C20H20N2OS2/c23-19(15-25-20-22-13-14-24-20)21-12-11-18(16-7-3-1-4-8-16)17-9-5-2-6-10-17/h1-10,13-14,18H,11-12,15H2,(H,21,23). The highest BCUT2D eigenvalue weighted by Gasteiger charge is 2.14. The van der Waals surface area contributed by atoms with Crippen LogP contribution in [-0.2, 0) is 4.79 Å². The SMILES string of the molecule is O=C(CSc1nccs1)NCCC(c1ccccc1)c1ccccc1. The van der Waals surface area contributed by atoms with Crippen molar-refractivity contribution in [1.82, 2.24) is 10.3 Å². The fourth-order valence-electron chi connectivity index (χ4n) is 2.71. The minimum atomic E-state index is 0.0556. The molecule has 0 aliphatic carbocycles. The summed E-state index contributed by atoms with van der Waals surface area (Å²) in [6, 6.07) is 20.9. The van der Waals surface area contributed by atoms with Gasteiger partial charge in [0, 0.05) is 24.0 Å². The Kier molecular flexibility index (Phi) is 6.65. The zero-order valence-electron chi connectivity index (χ0n) is 13.8. The molecule has 1 N–H and O–H groups in total. The molecule has 0 radical (unpaired) electrons. The lowest BCUT2D eigenvalue weighted by Crippen LogP contribution is -2.27. The molecule has 0 spiro atoms. The fourth-order valence-corrected chi connectivity index (χ4v) is 4.18. The summed E-state index contributed by atoms with van der Waals surface area (Å²) in [6.45, 7) is 0.658. The Hall–Kier alpha value is -2.11. The van der Waals surface area contributed by atoms with E-state index in [0.29, 0.717) is 12.3 Å². The number of amides is 1. The molecule has 3 aromatic rings. The van der Waals surface area contributed by atoms with Crippen molar-refractivity contribution in [2.45, 2.75) is 16.7 Å². The lowest BCUT2D eigenvalue weighted by atomic mass is 9.88. The van der Waals surface area contributed by atoms with Gasteiger partial charge in [-0.3, -0.25) is 4.79 Å². The number of thioether (sulfide) groups is 1. The van der Waals surface area contributed by atoms with E-state index >= 15 is 0 Å². The van der Waals surface area contributed by atoms with E-state index in [4.69, 9.17) is 0 Å². The molecule has 0 bridgehead atoms. The summed E-state index contributed by atoms with van der Waals surface area (Å²) in [5.74, 6) is 0.754. The summed E-state index contributed by atoms with van der Waals surface area (Å²) in [6.07, 6.45) is 2.64. The number of thiazole rings is 1. The Bertz CT molecular complexity index is 721. The van der Waals surface area contributed by atoms with Crippen LogP contribution in [-0.4, -0.2) is 23.2 Å². The Morgan fingerprint density at radius 2 is 1.68 bits per heavy atom. The number of hydrogen-bond donors (Lipinski definition) is 1. The number of hydrogen-bond acceptors (Lipinski definition) is 4. The van der Waals surface area contributed by atoms with Crippen LogP contribution in [0, 0.1) is 0 Å². The monoisotopic (exact) mass is 368 g/mol. The maximum absolute atomic E-state index is 12.0. The molecule has 0 aliphatic rings. The number of aromatic nitrogens is 1. The first-order chi connectivity index (χ1) is 12.3. The van der Waals surface area contributed by atoms with E-state index in [1.807, 2.05) is 17.5 Å². The van der Waals surface area contributed by atoms with E-state index in [-0.39, 0.29) is 11.8 Å². The summed E-state index contributed by atoms with van der Waals surface area (Å²) in [7, 11) is 0. The van der Waals surface area contributed by atoms with Crippen molar-refractivity contribution >= 4 is 29.0 Å². The van der Waals surface area contributed by atoms with E-state index < -0.39 is 0 Å². The first-order valence-electron chi connectivity index (χ1n) is 8.22. The lowest BCUT2D eigenvalue weighted by Gasteiger charge is -2.18. The molecular formula is C20H20N2OS2. The van der Waals surface area contributed by atoms with Gasteiger partial charge < -0.3 is 5.32 Å². The summed E-state index contributed by atoms with van der Waals surface area (Å²) in [5, 5.41) is 4.95. The highest BCUT2D eigenvalue weighted by atomic mass is 32.2. The molecule has 2 aromatic carbocycles. The van der Waals surface area contributed by atoms with Gasteiger partial charge in [-0.2, -0.15) is 0 Å². The van der Waals surface area contributed by atoms with Crippen LogP contribution >= 0.6 is 23.1 Å². The quantitative estimate of drug-likeness (QED) is 0.592. The molecule has 5 heteroatoms. The van der Waals surface area contributed by atoms with E-state index in [9.17, 15) is 4.79 Å². The molecule has 0 unspecified atom stereocenters. The largest absolute Gasteiger partial charge is 0.355 e. The normalized spacial score (nSPS) is 10.8. The molecule has 128 valence electrons. The van der Waals surface area contributed by atoms with Gasteiger partial charge in [-0.25, -0.2) is 4.98 Å². The number of nitrogens with zero attached hydrogens (tertiary/aromatic N) is 1. The van der Waals surface area contributed by atoms with Crippen molar-refractivity contribution in [2.75, 3.05) is 12.3 Å². The summed E-state index contributed by atoms with van der Waals surface area (Å²) >= 11 is 3.04. The molecule has 0 saturated carbocycles. The number of carbonyl (C=O) groups is 1. The number of rotatable bonds is 8. The van der Waals surface area contributed by atoms with Crippen molar-refractivity contribution in [3.8, 4) is 0 Å². The van der Waals surface area contributed by atoms with Crippen LogP contribution in [0.5, 0.6) is 0 Å². The first kappa shape index (κ1) is 17.7. The van der Waals surface area contributed by atoms with E-state index in [1.54, 1.807) is 17.5 Å². The van der Waals surface area contributed by atoms with Gasteiger partial charge in [0.25, 0.3) is 0 Å². The third kappa shape index (κ3) is 5.44. The second-order valence-corrected chi connectivity index (χ2v) is 7.72. The molecule has 0 atom stereocenters. The molecule has 1 heterocycles. The van der Waals surface area contributed by atoms with Crippen LogP contribution in [0.1, 0.15) is 23.5 Å². The Labute approximate surface area is 156 Å². The third-order valence-electron chi connectivity index (χ3n) is 3.90. The van der Waals surface area contributed by atoms with Gasteiger partial charge in [0.1, 0.15) is 4.34 Å². The molecule has 1 amide bonds. The van der Waals surface area contributed by atoms with Gasteiger partial charge in [-0.05, 0) is 17.5 Å². The maximum Gasteiger partial charge on any atom is 0.230 e. The summed E-state index contributed by atoms with van der Waals surface area (Å²) in [4.78, 5) is 16.2. The van der Waals surface area contributed by atoms with Crippen molar-refractivity contribution < 1.29 is 4.79 Å². The second-order valence-electron chi connectivity index (χ2n) is 5.60. The van der Waals surface area contributed by atoms with Crippen LogP contribution in [0.15, 0.2) is 76.6 Å². The third-order valence-corrected chi connectivity index (χ3v) is 5.86. The van der Waals surface area contributed by atoms with E-state index in [0.717, 1.165) is 10.8 Å². The minimum Gasteiger partial charge on any atom is -0.355 e. The van der Waals surface area contributed by atoms with Crippen LogP contribution < -0.4 is 5.32 Å². The van der Waals surface area contributed by atoms with E-state index in [2.05, 4.69) is 58.8 Å². The predicted octanol–water partition coefficient (Wildman–Crippen LogP) is 4.57. The van der Waals surface area contributed by atoms with Crippen LogP contribution in [0.3, 0.4) is 0 Å². The van der Waals surface area contributed by atoms with Gasteiger partial charge in [-0.15, -0.1) is 11.3 Å². The summed E-state index contributed by atoms with van der Waals surface area (Å²) in [5.41, 5.74) is 2.56. The van der Waals surface area contributed by atoms with Crippen molar-refractivity contribution in [2.24, 2.45) is 0 Å². The molecule has 3 rings (SSSR count). The number of benzene rings is 2. The van der Waals surface area contributed by atoms with Crippen molar-refractivity contribution in [3.63, 3.8) is 0 Å². The van der Waals surface area contributed by atoms with E-state index in [1.165, 1.54) is 22.9 Å². The molecule has 0 fully saturated rings. The van der Waals surface area contributed by atoms with Gasteiger partial charge in [-0.1, -0.05) is 72.4 Å². The highest BCUT2D eigenvalue weighted by Crippen LogP contribution is 2.27. The second kappa shape index (κ2) is 9.39. The maximum atomic E-state index is 12.0. The fraction of sp³-hybridized carbons (Fsp3) is 0.200. The molecule has 1 aromatic heterocycles. The average molecular weight is 369 g/mol. The minimum absolute atomic E-state index is 0.0556. The van der Waals surface area contributed by atoms with Gasteiger partial charge in [0.2, 0.25) is 5.91 Å². The Morgan fingerprint density at radius 3 is 2.24 bits per heavy atom. The topological polar surface area (TPSA) is 42.0 Å². The van der Waals surface area contributed by atoms with Gasteiger partial charge in [0.05, 0.1) is 5.75 Å². The first-order valence-corrected chi connectivity index (χ1v) is 10.1. The van der Waals surface area contributed by atoms with Crippen LogP contribution in [0.2, 0.25) is 0 Å². The molecule has 0 aliphatic heterocycles. The Balaban J connectivity index is 1.55.